The van der Waals surface area contributed by atoms with Gasteiger partial charge >= 0.3 is 5.97 Å². The summed E-state index contributed by atoms with van der Waals surface area (Å²) in [6, 6.07) is 23.5. The molecule has 57 heavy (non-hydrogen) atoms. The first kappa shape index (κ1) is 41.6. The molecule has 10 nitrogen and oxygen atoms in total. The zero-order valence-corrected chi connectivity index (χ0v) is 34.5. The molecule has 0 saturated heterocycles. The lowest BCUT2D eigenvalue weighted by atomic mass is 10.1. The standard InChI is InChI=1S/C23H17ClFNO4S.C16H11BrClF2NO4S/c1-2-30-23(27)21-14-17-12-18(24)9-10-20(17)26(21)31(28,29)22-11-8-16(13-19(22)25)15-6-4-3-5-7-15;1-7-3-8-4-11(19)16(25-2)13(20)14(8)21(7)26(23,24)12-6-9(17)5-10(18)15(12)22/h3-14H,2H2,1H3;3-6,22H,1-2H3. The van der Waals surface area contributed by atoms with Gasteiger partial charge in [0.15, 0.2) is 23.1 Å². The number of methoxy groups -OCH3 is 1. The predicted molar refractivity (Wildman–Crippen MR) is 214 cm³/mol. The highest BCUT2D eigenvalue weighted by Gasteiger charge is 2.31. The number of benzene rings is 5. The van der Waals surface area contributed by atoms with Gasteiger partial charge in [-0.15, -0.1) is 0 Å². The van der Waals surface area contributed by atoms with Crippen molar-refractivity contribution in [2.75, 3.05) is 13.7 Å². The minimum atomic E-state index is -4.46. The number of hydrogen-bond acceptors (Lipinski definition) is 8. The smallest absolute Gasteiger partial charge is 0.356 e. The van der Waals surface area contributed by atoms with E-state index in [-0.39, 0.29) is 33.9 Å². The first-order chi connectivity index (χ1) is 26.9. The van der Waals surface area contributed by atoms with Gasteiger partial charge in [0.1, 0.15) is 26.8 Å². The minimum Gasteiger partial charge on any atom is -0.505 e. The third kappa shape index (κ3) is 7.71. The number of aromatic hydroxyl groups is 1. The molecule has 5 aromatic carbocycles. The fourth-order valence-electron chi connectivity index (χ4n) is 6.11. The summed E-state index contributed by atoms with van der Waals surface area (Å²) in [5.74, 6) is -5.26. The van der Waals surface area contributed by atoms with Crippen molar-refractivity contribution in [3.8, 4) is 22.6 Å². The molecule has 1 N–H and O–H groups in total. The summed E-state index contributed by atoms with van der Waals surface area (Å²) >= 11 is 15.0. The van der Waals surface area contributed by atoms with Crippen LogP contribution in [-0.4, -0.2) is 49.6 Å². The summed E-state index contributed by atoms with van der Waals surface area (Å²) in [5.41, 5.74) is 0.966. The quantitative estimate of drug-likeness (QED) is 0.149. The Bertz CT molecular complexity index is 2960. The van der Waals surface area contributed by atoms with Crippen LogP contribution in [0.15, 0.2) is 111 Å². The van der Waals surface area contributed by atoms with Crippen LogP contribution in [0.4, 0.5) is 13.2 Å². The van der Waals surface area contributed by atoms with Crippen molar-refractivity contribution in [2.24, 2.45) is 0 Å². The van der Waals surface area contributed by atoms with Crippen LogP contribution >= 0.6 is 39.1 Å². The van der Waals surface area contributed by atoms with Gasteiger partial charge in [-0.3, -0.25) is 0 Å². The van der Waals surface area contributed by atoms with Gasteiger partial charge in [-0.1, -0.05) is 75.5 Å². The van der Waals surface area contributed by atoms with E-state index in [4.69, 9.17) is 32.7 Å². The first-order valence-corrected chi connectivity index (χ1v) is 20.9. The average Bonchev–Trinajstić information content (AvgIpc) is 3.71. The molecule has 0 fully saturated rings. The maximum Gasteiger partial charge on any atom is 0.356 e. The van der Waals surface area contributed by atoms with Crippen LogP contribution in [0.25, 0.3) is 32.9 Å². The summed E-state index contributed by atoms with van der Waals surface area (Å²) < 4.78 is 108. The molecule has 0 amide bonds. The summed E-state index contributed by atoms with van der Waals surface area (Å²) in [6.07, 6.45) is 0. The Morgan fingerprint density at radius 2 is 1.47 bits per heavy atom. The van der Waals surface area contributed by atoms with E-state index in [1.54, 1.807) is 31.2 Å². The number of nitrogens with zero attached hydrogens (tertiary/aromatic N) is 2. The number of ether oxygens (including phenoxy) is 2. The molecule has 0 bridgehead atoms. The normalized spacial score (nSPS) is 11.7. The van der Waals surface area contributed by atoms with E-state index >= 15 is 4.39 Å². The Morgan fingerprint density at radius 1 is 0.789 bits per heavy atom. The summed E-state index contributed by atoms with van der Waals surface area (Å²) in [7, 11) is -7.84. The number of carbonyl (C=O) groups is 1. The number of hydrogen-bond donors (Lipinski definition) is 1. The van der Waals surface area contributed by atoms with Crippen molar-refractivity contribution in [1.82, 2.24) is 7.94 Å². The lowest BCUT2D eigenvalue weighted by Gasteiger charge is -2.14. The molecule has 7 aromatic rings. The fraction of sp³-hybridized carbons (Fsp3) is 0.103. The van der Waals surface area contributed by atoms with Gasteiger partial charge in [0.25, 0.3) is 20.0 Å². The van der Waals surface area contributed by atoms with E-state index in [0.29, 0.717) is 24.4 Å². The van der Waals surface area contributed by atoms with Gasteiger partial charge in [-0.2, -0.15) is 0 Å². The number of carbonyl (C=O) groups excluding carboxylic acids is 1. The van der Waals surface area contributed by atoms with Gasteiger partial charge in [-0.05, 0) is 85.6 Å². The first-order valence-electron chi connectivity index (χ1n) is 16.5. The number of halogens is 6. The number of aryl methyl sites for hydroxylation is 1. The molecular weight excluding hydrogens is 896 g/mol. The number of rotatable bonds is 8. The number of phenols is 1. The van der Waals surface area contributed by atoms with Crippen molar-refractivity contribution in [3.63, 3.8) is 0 Å². The Kier molecular flexibility index (Phi) is 11.8. The highest BCUT2D eigenvalue weighted by Crippen LogP contribution is 2.39. The molecule has 0 atom stereocenters. The molecular formula is C39H28BrCl2F3N2O8S2. The maximum atomic E-state index is 15.0. The van der Waals surface area contributed by atoms with Crippen LogP contribution in [0, 0.1) is 24.4 Å². The summed E-state index contributed by atoms with van der Waals surface area (Å²) in [6.45, 7) is 3.08. The van der Waals surface area contributed by atoms with Crippen LogP contribution in [0.3, 0.4) is 0 Å². The topological polar surface area (TPSA) is 134 Å². The van der Waals surface area contributed by atoms with Crippen LogP contribution in [0.5, 0.6) is 11.5 Å². The van der Waals surface area contributed by atoms with Gasteiger partial charge < -0.3 is 14.6 Å². The van der Waals surface area contributed by atoms with Crippen molar-refractivity contribution in [2.45, 2.75) is 23.6 Å². The molecule has 18 heteroatoms. The van der Waals surface area contributed by atoms with E-state index < -0.39 is 70.3 Å². The molecule has 0 aliphatic carbocycles. The Morgan fingerprint density at radius 3 is 2.12 bits per heavy atom. The number of fused-ring (bicyclic) bond motifs is 2. The molecule has 0 saturated carbocycles. The number of aromatic nitrogens is 2. The van der Waals surface area contributed by atoms with E-state index in [1.165, 1.54) is 55.5 Å². The fourth-order valence-corrected chi connectivity index (χ4v) is 10.5. The molecule has 0 aliphatic heterocycles. The van der Waals surface area contributed by atoms with E-state index in [1.807, 2.05) is 6.07 Å². The minimum absolute atomic E-state index is 0.0301. The maximum absolute atomic E-state index is 15.0. The van der Waals surface area contributed by atoms with Crippen molar-refractivity contribution >= 4 is 87.0 Å². The second kappa shape index (κ2) is 16.1. The van der Waals surface area contributed by atoms with Crippen LogP contribution in [0.1, 0.15) is 23.1 Å². The Labute approximate surface area is 342 Å². The molecule has 0 aliphatic rings. The van der Waals surface area contributed by atoms with Gasteiger partial charge in [0, 0.05) is 26.0 Å². The van der Waals surface area contributed by atoms with Crippen molar-refractivity contribution in [1.29, 1.82) is 0 Å². The summed E-state index contributed by atoms with van der Waals surface area (Å²) in [4.78, 5) is 11.4. The lowest BCUT2D eigenvalue weighted by Crippen LogP contribution is -2.20. The largest absolute Gasteiger partial charge is 0.505 e. The van der Waals surface area contributed by atoms with E-state index in [0.717, 1.165) is 34.8 Å². The van der Waals surface area contributed by atoms with Crippen molar-refractivity contribution in [3.05, 3.63) is 140 Å². The Hall–Kier alpha value is -5.00. The second-order valence-electron chi connectivity index (χ2n) is 12.2. The Balaban J connectivity index is 0.000000196. The van der Waals surface area contributed by atoms with Gasteiger partial charge in [0.05, 0.1) is 24.3 Å². The van der Waals surface area contributed by atoms with E-state index in [9.17, 15) is 35.5 Å². The van der Waals surface area contributed by atoms with Crippen LogP contribution in [0.2, 0.25) is 10.0 Å². The predicted octanol–water partition coefficient (Wildman–Crippen LogP) is 10.1. The van der Waals surface area contributed by atoms with Gasteiger partial charge in [0.2, 0.25) is 0 Å². The molecule has 2 heterocycles. The molecule has 0 unspecified atom stereocenters. The zero-order chi connectivity index (χ0) is 41.6. The number of phenolic OH excluding ortho intramolecular Hbond substituents is 1. The SMILES string of the molecule is CCOC(=O)c1cc2cc(Cl)ccc2n1S(=O)(=O)c1ccc(-c2ccccc2)cc1F.COc1c(F)cc2cc(C)n(S(=O)(=O)c3cc(Br)cc(Cl)c3O)c2c1F. The molecule has 0 spiro atoms. The van der Waals surface area contributed by atoms with E-state index in [2.05, 4.69) is 15.9 Å². The lowest BCUT2D eigenvalue weighted by molar-refractivity contribution is 0.0518. The van der Waals surface area contributed by atoms with Gasteiger partial charge in [-0.25, -0.2) is 42.7 Å². The highest BCUT2D eigenvalue weighted by molar-refractivity contribution is 9.10. The van der Waals surface area contributed by atoms with Crippen LogP contribution in [-0.2, 0) is 24.8 Å². The van der Waals surface area contributed by atoms with Crippen LogP contribution < -0.4 is 4.74 Å². The zero-order valence-electron chi connectivity index (χ0n) is 29.7. The average molecular weight is 925 g/mol. The summed E-state index contributed by atoms with van der Waals surface area (Å²) in [5, 5.41) is 10.7. The monoisotopic (exact) mass is 922 g/mol. The van der Waals surface area contributed by atoms with Crippen molar-refractivity contribution < 1.29 is 49.4 Å². The molecule has 0 radical (unpaired) electrons. The molecule has 2 aromatic heterocycles. The highest BCUT2D eigenvalue weighted by atomic mass is 79.9. The third-order valence-corrected chi connectivity index (χ3v) is 13.1. The molecule has 7 rings (SSSR count). The number of esters is 1. The second-order valence-corrected chi connectivity index (χ2v) is 17.4. The third-order valence-electron chi connectivity index (χ3n) is 8.54. The molecule has 296 valence electrons.